The zero-order valence-corrected chi connectivity index (χ0v) is 24.9. The molecule has 12 bridgehead atoms. The van der Waals surface area contributed by atoms with Crippen LogP contribution < -0.4 is 23.0 Å². The molecule has 0 saturated carbocycles. The number of pyridine rings is 5. The maximum atomic E-state index is 11.9. The second kappa shape index (κ2) is 12.0. The Bertz CT molecular complexity index is 1860. The number of ether oxygens (including phenoxy) is 1. The lowest BCUT2D eigenvalue weighted by atomic mass is 10.1. The number of hydrogen-bond acceptors (Lipinski definition) is 4. The van der Waals surface area contributed by atoms with E-state index in [-0.39, 0.29) is 10.6 Å². The van der Waals surface area contributed by atoms with Gasteiger partial charge in [0.15, 0.2) is 75.8 Å². The highest BCUT2D eigenvalue weighted by atomic mass is 16.6. The normalized spacial score (nSPS) is 12.4. The van der Waals surface area contributed by atoms with Gasteiger partial charge in [0.25, 0.3) is 5.69 Å². The SMILES string of the molecule is COc1c2cc([N+](=O)[O-])cc1C[n+]1ccc(cc1)-c1cc[n+](cc1)Cc1cccc(n1)C[n+]1ccc(cc1)-c1cc[n+](cc1)C2. The van der Waals surface area contributed by atoms with Crippen LogP contribution in [0.3, 0.4) is 0 Å². The molecular weight excluding hydrogens is 564 g/mol. The lowest BCUT2D eigenvalue weighted by Gasteiger charge is -2.11. The zero-order valence-electron chi connectivity index (χ0n) is 24.9. The summed E-state index contributed by atoms with van der Waals surface area (Å²) in [5, 5.41) is 11.9. The van der Waals surface area contributed by atoms with Crippen LogP contribution >= 0.6 is 0 Å². The molecule has 9 nitrogen and oxygen atoms in total. The van der Waals surface area contributed by atoms with Crippen LogP contribution in [0.25, 0.3) is 22.3 Å². The highest BCUT2D eigenvalue weighted by molar-refractivity contribution is 5.61. The number of benzene rings is 1. The van der Waals surface area contributed by atoms with E-state index in [4.69, 9.17) is 9.72 Å². The summed E-state index contributed by atoms with van der Waals surface area (Å²) in [7, 11) is 1.62. The summed E-state index contributed by atoms with van der Waals surface area (Å²) in [6.07, 6.45) is 16.3. The van der Waals surface area contributed by atoms with Gasteiger partial charge >= 0.3 is 0 Å². The van der Waals surface area contributed by atoms with Crippen LogP contribution in [0.4, 0.5) is 5.69 Å². The van der Waals surface area contributed by atoms with Gasteiger partial charge in [0.1, 0.15) is 17.1 Å². The summed E-state index contributed by atoms with van der Waals surface area (Å²) >= 11 is 0. The number of aromatic nitrogens is 5. The highest BCUT2D eigenvalue weighted by Crippen LogP contribution is 2.30. The molecule has 0 aliphatic carbocycles. The molecule has 0 radical (unpaired) electrons. The molecule has 6 aromatic rings. The first kappa shape index (κ1) is 28.0. The molecule has 7 aliphatic heterocycles. The Morgan fingerprint density at radius 3 is 1.29 bits per heavy atom. The molecule has 0 atom stereocenters. The van der Waals surface area contributed by atoms with Crippen molar-refractivity contribution in [3.8, 4) is 28.0 Å². The molecule has 45 heavy (non-hydrogen) atoms. The Kier molecular flexibility index (Phi) is 7.49. The van der Waals surface area contributed by atoms with Crippen LogP contribution in [0, 0.1) is 10.1 Å². The van der Waals surface area contributed by atoms with Crippen molar-refractivity contribution in [3.63, 3.8) is 0 Å². The fraction of sp³-hybridized carbons (Fsp3) is 0.139. The Morgan fingerprint density at radius 1 is 0.600 bits per heavy atom. The molecule has 7 aliphatic rings. The molecule has 9 heteroatoms. The Labute approximate surface area is 260 Å². The molecule has 0 saturated heterocycles. The molecule has 220 valence electrons. The van der Waals surface area contributed by atoms with Crippen LogP contribution in [-0.2, 0) is 26.2 Å². The molecular formula is C36H32N6O3+4. The molecule has 12 heterocycles. The van der Waals surface area contributed by atoms with Crippen LogP contribution in [0.5, 0.6) is 5.75 Å². The second-order valence-corrected chi connectivity index (χ2v) is 11.2. The van der Waals surface area contributed by atoms with Crippen LogP contribution in [-0.4, -0.2) is 17.0 Å². The quantitative estimate of drug-likeness (QED) is 0.172. The van der Waals surface area contributed by atoms with Gasteiger partial charge in [-0.25, -0.2) is 14.1 Å². The number of nitro benzene ring substituents is 1. The molecule has 1 aromatic carbocycles. The molecule has 0 spiro atoms. The third-order valence-corrected chi connectivity index (χ3v) is 8.13. The molecule has 0 N–H and O–H groups in total. The van der Waals surface area contributed by atoms with Gasteiger partial charge in [-0.3, -0.25) is 10.1 Å². The number of nitro groups is 1. The lowest BCUT2D eigenvalue weighted by Crippen LogP contribution is -2.35. The maximum absolute atomic E-state index is 11.9. The van der Waals surface area contributed by atoms with Crippen LogP contribution in [0.15, 0.2) is 128 Å². The van der Waals surface area contributed by atoms with E-state index in [0.29, 0.717) is 31.9 Å². The fourth-order valence-electron chi connectivity index (χ4n) is 5.83. The van der Waals surface area contributed by atoms with Gasteiger partial charge < -0.3 is 4.74 Å². The highest BCUT2D eigenvalue weighted by Gasteiger charge is 2.22. The molecule has 0 fully saturated rings. The summed E-state index contributed by atoms with van der Waals surface area (Å²) in [4.78, 5) is 16.5. The van der Waals surface area contributed by atoms with E-state index in [9.17, 15) is 10.1 Å². The van der Waals surface area contributed by atoms with Crippen molar-refractivity contribution in [2.24, 2.45) is 0 Å². The van der Waals surface area contributed by atoms with Crippen molar-refractivity contribution in [2.75, 3.05) is 7.11 Å². The minimum Gasteiger partial charge on any atom is -0.496 e. The van der Waals surface area contributed by atoms with E-state index in [1.807, 2.05) is 33.9 Å². The summed E-state index contributed by atoms with van der Waals surface area (Å²) in [6.45, 7) is 2.20. The predicted molar refractivity (Wildman–Crippen MR) is 165 cm³/mol. The van der Waals surface area contributed by atoms with Crippen molar-refractivity contribution in [1.29, 1.82) is 0 Å². The predicted octanol–water partition coefficient (Wildman–Crippen LogP) is 3.99. The van der Waals surface area contributed by atoms with E-state index >= 15 is 0 Å². The third kappa shape index (κ3) is 6.14. The van der Waals surface area contributed by atoms with E-state index in [2.05, 4.69) is 101 Å². The first-order chi connectivity index (χ1) is 22.0. The van der Waals surface area contributed by atoms with Crippen molar-refractivity contribution in [2.45, 2.75) is 26.2 Å². The van der Waals surface area contributed by atoms with Crippen molar-refractivity contribution in [3.05, 3.63) is 161 Å². The van der Waals surface area contributed by atoms with Gasteiger partial charge in [0, 0.05) is 60.7 Å². The van der Waals surface area contributed by atoms with E-state index in [0.717, 1.165) is 44.8 Å². The largest absolute Gasteiger partial charge is 0.496 e. The number of methoxy groups -OCH3 is 1. The summed E-state index contributed by atoms with van der Waals surface area (Å²) < 4.78 is 14.1. The lowest BCUT2D eigenvalue weighted by molar-refractivity contribution is -0.690. The minimum absolute atomic E-state index is 0.0416. The van der Waals surface area contributed by atoms with Crippen LogP contribution in [0.2, 0.25) is 0 Å². The Balaban J connectivity index is 1.29. The smallest absolute Gasteiger partial charge is 0.270 e. The van der Waals surface area contributed by atoms with Crippen molar-refractivity contribution >= 4 is 5.69 Å². The zero-order chi connectivity index (χ0) is 30.8. The van der Waals surface area contributed by atoms with Gasteiger partial charge in [-0.05, 0) is 34.4 Å². The van der Waals surface area contributed by atoms with E-state index in [1.165, 1.54) is 0 Å². The van der Waals surface area contributed by atoms with Crippen LogP contribution in [0.1, 0.15) is 22.5 Å². The summed E-state index contributed by atoms with van der Waals surface area (Å²) in [5.74, 6) is 0.648. The van der Waals surface area contributed by atoms with Gasteiger partial charge in [-0.2, -0.15) is 9.13 Å². The van der Waals surface area contributed by atoms with Gasteiger partial charge in [0.2, 0.25) is 0 Å². The first-order valence-corrected chi connectivity index (χ1v) is 14.8. The van der Waals surface area contributed by atoms with E-state index in [1.54, 1.807) is 19.2 Å². The fourth-order valence-corrected chi connectivity index (χ4v) is 5.83. The topological polar surface area (TPSA) is 80.8 Å². The average Bonchev–Trinajstić information content (AvgIpc) is 3.06. The molecule has 0 amide bonds. The minimum atomic E-state index is -0.344. The number of hydrogen-bond donors (Lipinski definition) is 0. The second-order valence-electron chi connectivity index (χ2n) is 11.2. The summed E-state index contributed by atoms with van der Waals surface area (Å²) in [5.41, 5.74) is 7.88. The first-order valence-electron chi connectivity index (χ1n) is 14.8. The Hall–Kier alpha value is -5.83. The maximum Gasteiger partial charge on any atom is 0.270 e. The molecule has 5 aromatic heterocycles. The Morgan fingerprint density at radius 2 is 0.956 bits per heavy atom. The number of non-ortho nitro benzene ring substituents is 1. The van der Waals surface area contributed by atoms with Gasteiger partial charge in [0.05, 0.1) is 23.2 Å². The monoisotopic (exact) mass is 596 g/mol. The summed E-state index contributed by atoms with van der Waals surface area (Å²) in [6, 6.07) is 26.0. The average molecular weight is 597 g/mol. The van der Waals surface area contributed by atoms with Crippen molar-refractivity contribution in [1.82, 2.24) is 4.98 Å². The van der Waals surface area contributed by atoms with Gasteiger partial charge in [-0.1, -0.05) is 6.07 Å². The standard InChI is InChI=1S/C36H32N6O3/c1-45-36-31-21-35(42(43)44)22-32(36)24-39-15-7-28(8-16-39)30-11-19-41(20-12-30)26-34-4-2-3-33(37-34)25-40-17-9-29(10-18-40)27-5-13-38(23-31)14-6-27/h2-22H,23-26H2,1H3/q+4. The number of nitrogens with zero attached hydrogens (tertiary/aromatic N) is 6. The number of rotatable bonds is 2. The van der Waals surface area contributed by atoms with E-state index < -0.39 is 0 Å². The molecule has 0 unspecified atom stereocenters. The third-order valence-electron chi connectivity index (χ3n) is 8.13. The van der Waals surface area contributed by atoms with Gasteiger partial charge in [-0.15, -0.1) is 0 Å². The van der Waals surface area contributed by atoms with Crippen molar-refractivity contribution < 1.29 is 27.9 Å². The molecule has 13 rings (SSSR count).